The number of nitrogens with zero attached hydrogens (tertiary/aromatic N) is 2. The SMILES string of the molecule is O=C1C(c2c(O)[nH]c3c(Br)cc([N+](=O)[O-])cc23)=Nc2ccccc21. The molecule has 118 valence electrons. The van der Waals surface area contributed by atoms with Crippen LogP contribution in [-0.4, -0.2) is 26.5 Å². The predicted octanol–water partition coefficient (Wildman–Crippen LogP) is 3.86. The first-order valence-electron chi connectivity index (χ1n) is 6.88. The Kier molecular flexibility index (Phi) is 3.04. The van der Waals surface area contributed by atoms with E-state index in [1.807, 2.05) is 0 Å². The number of nitro groups is 1. The number of nitro benzene ring substituents is 1. The number of rotatable bonds is 2. The lowest BCUT2D eigenvalue weighted by atomic mass is 10.0. The van der Waals surface area contributed by atoms with Crippen molar-refractivity contribution in [3.63, 3.8) is 0 Å². The van der Waals surface area contributed by atoms with Gasteiger partial charge in [-0.25, -0.2) is 4.99 Å². The maximum Gasteiger partial charge on any atom is 0.271 e. The van der Waals surface area contributed by atoms with Crippen molar-refractivity contribution in [2.75, 3.05) is 0 Å². The van der Waals surface area contributed by atoms with Crippen LogP contribution < -0.4 is 0 Å². The van der Waals surface area contributed by atoms with E-state index in [1.165, 1.54) is 12.1 Å². The number of H-pyrrole nitrogens is 1. The Morgan fingerprint density at radius 3 is 2.71 bits per heavy atom. The number of aromatic amines is 1. The molecule has 4 rings (SSSR count). The molecule has 3 aromatic rings. The maximum absolute atomic E-state index is 12.6. The van der Waals surface area contributed by atoms with Crippen molar-refractivity contribution in [1.82, 2.24) is 4.98 Å². The molecule has 2 aromatic carbocycles. The molecule has 0 unspecified atom stereocenters. The third-order valence-electron chi connectivity index (χ3n) is 3.87. The molecule has 1 aliphatic rings. The monoisotopic (exact) mass is 385 g/mol. The van der Waals surface area contributed by atoms with E-state index >= 15 is 0 Å². The Bertz CT molecular complexity index is 1080. The number of nitrogens with one attached hydrogen (secondary N) is 1. The molecule has 8 heteroatoms. The van der Waals surface area contributed by atoms with Crippen LogP contribution in [-0.2, 0) is 0 Å². The standard InChI is InChI=1S/C16H8BrN3O4/c17-10-6-7(20(23)24)5-9-12(16(22)19-13(9)10)14-15(21)8-3-1-2-4-11(8)18-14/h1-6,19,22H. The number of fused-ring (bicyclic) bond motifs is 2. The van der Waals surface area contributed by atoms with Gasteiger partial charge in [-0.15, -0.1) is 0 Å². The van der Waals surface area contributed by atoms with Gasteiger partial charge >= 0.3 is 0 Å². The van der Waals surface area contributed by atoms with Crippen LogP contribution in [0.1, 0.15) is 15.9 Å². The van der Waals surface area contributed by atoms with Gasteiger partial charge < -0.3 is 10.1 Å². The number of aromatic hydroxyl groups is 1. The number of aromatic nitrogens is 1. The Morgan fingerprint density at radius 1 is 1.25 bits per heavy atom. The molecule has 2 heterocycles. The van der Waals surface area contributed by atoms with Crippen molar-refractivity contribution in [2.45, 2.75) is 0 Å². The molecule has 0 bridgehead atoms. The van der Waals surface area contributed by atoms with Gasteiger partial charge in [0.1, 0.15) is 5.71 Å². The summed E-state index contributed by atoms with van der Waals surface area (Å²) < 4.78 is 0.414. The molecule has 1 aromatic heterocycles. The molecule has 0 spiro atoms. The Hall–Kier alpha value is -3.00. The van der Waals surface area contributed by atoms with Crippen molar-refractivity contribution in [3.05, 3.63) is 62.1 Å². The summed E-state index contributed by atoms with van der Waals surface area (Å²) in [6.07, 6.45) is 0. The minimum Gasteiger partial charge on any atom is -0.494 e. The molecule has 2 N–H and O–H groups in total. The third-order valence-corrected chi connectivity index (χ3v) is 4.49. The van der Waals surface area contributed by atoms with Gasteiger partial charge in [-0.05, 0) is 28.1 Å². The van der Waals surface area contributed by atoms with E-state index in [4.69, 9.17) is 0 Å². The molecule has 0 amide bonds. The summed E-state index contributed by atoms with van der Waals surface area (Å²) in [4.78, 5) is 30.2. The first kappa shape index (κ1) is 14.6. The van der Waals surface area contributed by atoms with E-state index in [9.17, 15) is 20.0 Å². The summed E-state index contributed by atoms with van der Waals surface area (Å²) in [7, 11) is 0. The van der Waals surface area contributed by atoms with E-state index < -0.39 is 4.92 Å². The molecule has 0 atom stereocenters. The molecule has 0 fully saturated rings. The van der Waals surface area contributed by atoms with E-state index in [2.05, 4.69) is 25.9 Å². The minimum absolute atomic E-state index is 0.0624. The third kappa shape index (κ3) is 1.96. The average molecular weight is 386 g/mol. The number of carbonyl (C=O) groups excluding carboxylic acids is 1. The zero-order chi connectivity index (χ0) is 17.0. The predicted molar refractivity (Wildman–Crippen MR) is 91.3 cm³/mol. The number of halogens is 1. The molecule has 24 heavy (non-hydrogen) atoms. The molecule has 1 aliphatic heterocycles. The molecule has 0 aliphatic carbocycles. The summed E-state index contributed by atoms with van der Waals surface area (Å²) in [6.45, 7) is 0. The van der Waals surface area contributed by atoms with E-state index in [0.29, 0.717) is 26.6 Å². The van der Waals surface area contributed by atoms with E-state index in [0.717, 1.165) is 0 Å². The van der Waals surface area contributed by atoms with Gasteiger partial charge in [0, 0.05) is 27.6 Å². The summed E-state index contributed by atoms with van der Waals surface area (Å²) in [5, 5.41) is 21.7. The molecule has 0 saturated carbocycles. The van der Waals surface area contributed by atoms with Crippen LogP contribution in [0.25, 0.3) is 10.9 Å². The number of para-hydroxylation sites is 1. The Morgan fingerprint density at radius 2 is 2.00 bits per heavy atom. The molecular weight excluding hydrogens is 378 g/mol. The fourth-order valence-electron chi connectivity index (χ4n) is 2.80. The topological polar surface area (TPSA) is 109 Å². The quantitative estimate of drug-likeness (QED) is 0.515. The zero-order valence-corrected chi connectivity index (χ0v) is 13.5. The lowest BCUT2D eigenvalue weighted by Crippen LogP contribution is -2.10. The lowest BCUT2D eigenvalue weighted by molar-refractivity contribution is -0.384. The van der Waals surface area contributed by atoms with Gasteiger partial charge in [0.25, 0.3) is 5.69 Å². The van der Waals surface area contributed by atoms with Gasteiger partial charge in [0.2, 0.25) is 5.78 Å². The minimum atomic E-state index is -0.537. The van der Waals surface area contributed by atoms with Gasteiger partial charge in [-0.3, -0.25) is 14.9 Å². The molecule has 0 radical (unpaired) electrons. The first-order valence-corrected chi connectivity index (χ1v) is 7.68. The highest BCUT2D eigenvalue weighted by atomic mass is 79.9. The van der Waals surface area contributed by atoms with Crippen LogP contribution in [0.3, 0.4) is 0 Å². The van der Waals surface area contributed by atoms with Crippen LogP contribution in [0.5, 0.6) is 5.88 Å². The first-order chi connectivity index (χ1) is 11.5. The second-order valence-electron chi connectivity index (χ2n) is 5.26. The zero-order valence-electron chi connectivity index (χ0n) is 11.9. The summed E-state index contributed by atoms with van der Waals surface area (Å²) in [5.74, 6) is -0.587. The Labute approximate surface area is 142 Å². The summed E-state index contributed by atoms with van der Waals surface area (Å²) in [5.41, 5.74) is 1.47. The van der Waals surface area contributed by atoms with Crippen LogP contribution >= 0.6 is 15.9 Å². The molecule has 7 nitrogen and oxygen atoms in total. The maximum atomic E-state index is 12.6. The fourth-order valence-corrected chi connectivity index (χ4v) is 3.35. The molecule has 0 saturated heterocycles. The van der Waals surface area contributed by atoms with Crippen LogP contribution in [0.2, 0.25) is 0 Å². The van der Waals surface area contributed by atoms with E-state index in [1.54, 1.807) is 24.3 Å². The number of hydrogen-bond donors (Lipinski definition) is 2. The van der Waals surface area contributed by atoms with Crippen molar-refractivity contribution < 1.29 is 14.8 Å². The molecular formula is C16H8BrN3O4. The normalized spacial score (nSPS) is 13.2. The van der Waals surface area contributed by atoms with Crippen LogP contribution in [0.4, 0.5) is 11.4 Å². The van der Waals surface area contributed by atoms with Crippen molar-refractivity contribution in [3.8, 4) is 5.88 Å². The number of carbonyl (C=O) groups is 1. The fraction of sp³-hybridized carbons (Fsp3) is 0. The van der Waals surface area contributed by atoms with Crippen LogP contribution in [0.15, 0.2) is 45.9 Å². The van der Waals surface area contributed by atoms with E-state index in [-0.39, 0.29) is 28.6 Å². The van der Waals surface area contributed by atoms with Crippen molar-refractivity contribution >= 4 is 49.7 Å². The number of non-ortho nitro benzene ring substituents is 1. The smallest absolute Gasteiger partial charge is 0.271 e. The Balaban J connectivity index is 2.00. The largest absolute Gasteiger partial charge is 0.494 e. The number of hydrogen-bond acceptors (Lipinski definition) is 5. The van der Waals surface area contributed by atoms with Gasteiger partial charge in [-0.1, -0.05) is 12.1 Å². The highest BCUT2D eigenvalue weighted by Crippen LogP contribution is 2.39. The lowest BCUT2D eigenvalue weighted by Gasteiger charge is -2.00. The van der Waals surface area contributed by atoms with Gasteiger partial charge in [0.15, 0.2) is 5.88 Å². The second kappa shape index (κ2) is 5.00. The average Bonchev–Trinajstić information content (AvgIpc) is 3.05. The van der Waals surface area contributed by atoms with Crippen LogP contribution in [0, 0.1) is 10.1 Å². The van der Waals surface area contributed by atoms with Crippen molar-refractivity contribution in [1.29, 1.82) is 0 Å². The van der Waals surface area contributed by atoms with Gasteiger partial charge in [0.05, 0.1) is 21.7 Å². The number of Topliss-reactive ketones (excluding diaryl/α,β-unsaturated/α-hetero) is 1. The number of ketones is 1. The second-order valence-corrected chi connectivity index (χ2v) is 6.12. The highest BCUT2D eigenvalue weighted by molar-refractivity contribution is 9.10. The highest BCUT2D eigenvalue weighted by Gasteiger charge is 2.31. The summed E-state index contributed by atoms with van der Waals surface area (Å²) >= 11 is 3.24. The van der Waals surface area contributed by atoms with Gasteiger partial charge in [-0.2, -0.15) is 0 Å². The van der Waals surface area contributed by atoms with Crippen molar-refractivity contribution in [2.24, 2.45) is 4.99 Å². The number of aliphatic imine (C=N–C) groups is 1. The summed E-state index contributed by atoms with van der Waals surface area (Å²) in [6, 6.07) is 9.48. The number of benzene rings is 2.